The molecule has 2 amide bonds. The summed E-state index contributed by atoms with van der Waals surface area (Å²) in [4.78, 5) is 40.1. The molecule has 2 N–H and O–H groups in total. The first kappa shape index (κ1) is 31.9. The maximum atomic E-state index is 13.3. The first-order valence-corrected chi connectivity index (χ1v) is 14.3. The number of aliphatic hydroxyl groups is 1. The Kier molecular flexibility index (Phi) is 15.4. The summed E-state index contributed by atoms with van der Waals surface area (Å²) in [5.41, 5.74) is 2.10. The van der Waals surface area contributed by atoms with Crippen molar-refractivity contribution in [2.45, 2.75) is 44.0 Å². The molecule has 0 aliphatic carbocycles. The number of hydrogen-bond acceptors (Lipinski definition) is 6. The molecular formula is C31H40N2O5S. The van der Waals surface area contributed by atoms with E-state index in [0.29, 0.717) is 25.1 Å². The average molecular weight is 553 g/mol. The summed E-state index contributed by atoms with van der Waals surface area (Å²) >= 11 is 1.63. The lowest BCUT2D eigenvalue weighted by atomic mass is 9.98. The van der Waals surface area contributed by atoms with E-state index in [-0.39, 0.29) is 50.4 Å². The average Bonchev–Trinajstić information content (AvgIpc) is 2.95. The van der Waals surface area contributed by atoms with Gasteiger partial charge in [-0.25, -0.2) is 0 Å². The molecule has 0 aliphatic heterocycles. The number of ether oxygens (including phenoxy) is 1. The fourth-order valence-corrected chi connectivity index (χ4v) is 4.88. The summed E-state index contributed by atoms with van der Waals surface area (Å²) < 4.78 is 5.43. The summed E-state index contributed by atoms with van der Waals surface area (Å²) in [6.07, 6.45) is 4.34. The van der Waals surface area contributed by atoms with E-state index in [9.17, 15) is 19.5 Å². The van der Waals surface area contributed by atoms with Gasteiger partial charge in [0.2, 0.25) is 11.8 Å². The highest BCUT2D eigenvalue weighted by atomic mass is 32.2. The SMILES string of the molecule is C=CCCC(=O)OC[C@H](CSCc1ccccc1)NC(=O)[C@@H](CC=C)CC(=O)N(CCO)Cc1ccccc1. The molecule has 2 atom stereocenters. The van der Waals surface area contributed by atoms with Crippen LogP contribution in [0.1, 0.15) is 36.8 Å². The van der Waals surface area contributed by atoms with Gasteiger partial charge < -0.3 is 20.1 Å². The molecule has 0 radical (unpaired) electrons. The van der Waals surface area contributed by atoms with Crippen molar-refractivity contribution in [1.29, 1.82) is 0 Å². The Morgan fingerprint density at radius 3 is 2.28 bits per heavy atom. The molecule has 0 aliphatic rings. The summed E-state index contributed by atoms with van der Waals surface area (Å²) in [6.45, 7) is 7.78. The molecule has 0 fully saturated rings. The molecule has 2 aromatic rings. The topological polar surface area (TPSA) is 95.9 Å². The van der Waals surface area contributed by atoms with Crippen LogP contribution in [-0.4, -0.2) is 59.3 Å². The first-order valence-electron chi connectivity index (χ1n) is 13.2. The van der Waals surface area contributed by atoms with Gasteiger partial charge in [-0.15, -0.1) is 13.2 Å². The lowest BCUT2D eigenvalue weighted by Gasteiger charge is -2.26. The van der Waals surface area contributed by atoms with E-state index in [1.807, 2.05) is 60.7 Å². The number of allylic oxidation sites excluding steroid dienone is 2. The van der Waals surface area contributed by atoms with Crippen LogP contribution in [-0.2, 0) is 31.4 Å². The number of benzene rings is 2. The van der Waals surface area contributed by atoms with Gasteiger partial charge in [-0.2, -0.15) is 11.8 Å². The van der Waals surface area contributed by atoms with Gasteiger partial charge in [0, 0.05) is 37.4 Å². The minimum atomic E-state index is -0.634. The van der Waals surface area contributed by atoms with Crippen LogP contribution in [0.15, 0.2) is 86.0 Å². The lowest BCUT2D eigenvalue weighted by Crippen LogP contribution is -2.45. The third-order valence-electron chi connectivity index (χ3n) is 5.96. The zero-order valence-electron chi connectivity index (χ0n) is 22.5. The summed E-state index contributed by atoms with van der Waals surface area (Å²) in [5, 5.41) is 12.5. The fourth-order valence-electron chi connectivity index (χ4n) is 3.87. The molecule has 2 aromatic carbocycles. The fraction of sp³-hybridized carbons (Fsp3) is 0.387. The predicted molar refractivity (Wildman–Crippen MR) is 157 cm³/mol. The van der Waals surface area contributed by atoms with Crippen molar-refractivity contribution in [2.75, 3.05) is 25.5 Å². The van der Waals surface area contributed by atoms with Gasteiger partial charge in [0.1, 0.15) is 6.61 Å². The Bertz CT molecular complexity index is 1030. The Hall–Kier alpha value is -3.36. The number of nitrogens with zero attached hydrogens (tertiary/aromatic N) is 1. The van der Waals surface area contributed by atoms with E-state index < -0.39 is 12.0 Å². The summed E-state index contributed by atoms with van der Waals surface area (Å²) in [6, 6.07) is 19.1. The minimum Gasteiger partial charge on any atom is -0.463 e. The normalized spacial score (nSPS) is 12.1. The molecule has 210 valence electrons. The number of rotatable bonds is 19. The van der Waals surface area contributed by atoms with Crippen LogP contribution >= 0.6 is 11.8 Å². The van der Waals surface area contributed by atoms with Crippen LogP contribution in [0.5, 0.6) is 0 Å². The molecule has 0 saturated carbocycles. The molecule has 0 heterocycles. The zero-order chi connectivity index (χ0) is 28.3. The maximum absolute atomic E-state index is 13.3. The Balaban J connectivity index is 2.04. The van der Waals surface area contributed by atoms with Gasteiger partial charge in [-0.05, 0) is 24.0 Å². The van der Waals surface area contributed by atoms with Gasteiger partial charge in [-0.1, -0.05) is 72.8 Å². The molecule has 0 aromatic heterocycles. The van der Waals surface area contributed by atoms with Crippen LogP contribution in [0.2, 0.25) is 0 Å². The van der Waals surface area contributed by atoms with Crippen molar-refractivity contribution >= 4 is 29.5 Å². The van der Waals surface area contributed by atoms with Crippen molar-refractivity contribution in [3.63, 3.8) is 0 Å². The maximum Gasteiger partial charge on any atom is 0.306 e. The third kappa shape index (κ3) is 12.8. The number of aliphatic hydroxyl groups excluding tert-OH is 1. The van der Waals surface area contributed by atoms with Crippen LogP contribution in [0, 0.1) is 5.92 Å². The first-order chi connectivity index (χ1) is 19.0. The molecule has 0 unspecified atom stereocenters. The lowest BCUT2D eigenvalue weighted by molar-refractivity contribution is -0.145. The number of nitrogens with one attached hydrogen (secondary N) is 1. The molecule has 7 nitrogen and oxygen atoms in total. The van der Waals surface area contributed by atoms with E-state index in [0.717, 1.165) is 16.9 Å². The number of amides is 2. The summed E-state index contributed by atoms with van der Waals surface area (Å²) in [7, 11) is 0. The standard InChI is InChI=1S/C31H40N2O5S/c1-3-5-17-30(36)38-22-28(24-39-23-26-15-10-7-11-16-26)32-31(37)27(12-4-2)20-29(35)33(18-19-34)21-25-13-8-6-9-14-25/h3-4,6-11,13-16,27-28,34H,1-2,5,12,17-24H2,(H,32,37)/t27-,28+/m0/s1. The quantitative estimate of drug-likeness (QED) is 0.197. The Morgan fingerprint density at radius 2 is 1.67 bits per heavy atom. The molecule has 2 rings (SSSR count). The highest BCUT2D eigenvalue weighted by Crippen LogP contribution is 2.17. The molecule has 0 saturated heterocycles. The minimum absolute atomic E-state index is 0.0202. The summed E-state index contributed by atoms with van der Waals surface area (Å²) in [5.74, 6) is -0.206. The van der Waals surface area contributed by atoms with Crippen molar-refractivity contribution < 1.29 is 24.2 Å². The predicted octanol–water partition coefficient (Wildman–Crippen LogP) is 4.52. The Morgan fingerprint density at radius 1 is 1.00 bits per heavy atom. The number of carbonyl (C=O) groups excluding carboxylic acids is 3. The second kappa shape index (κ2) is 18.8. The van der Waals surface area contributed by atoms with Crippen LogP contribution in [0.25, 0.3) is 0 Å². The highest BCUT2D eigenvalue weighted by Gasteiger charge is 2.26. The largest absolute Gasteiger partial charge is 0.463 e. The Labute approximate surface area is 236 Å². The van der Waals surface area contributed by atoms with E-state index in [2.05, 4.69) is 18.5 Å². The van der Waals surface area contributed by atoms with Crippen molar-refractivity contribution in [2.24, 2.45) is 5.92 Å². The van der Waals surface area contributed by atoms with E-state index in [4.69, 9.17) is 4.74 Å². The van der Waals surface area contributed by atoms with Gasteiger partial charge >= 0.3 is 5.97 Å². The number of esters is 1. The third-order valence-corrected chi connectivity index (χ3v) is 7.13. The van der Waals surface area contributed by atoms with Crippen molar-refractivity contribution in [3.8, 4) is 0 Å². The van der Waals surface area contributed by atoms with E-state index in [1.165, 1.54) is 0 Å². The zero-order valence-corrected chi connectivity index (χ0v) is 23.3. The molecule has 39 heavy (non-hydrogen) atoms. The van der Waals surface area contributed by atoms with Gasteiger partial charge in [0.05, 0.1) is 18.6 Å². The molecule has 8 heteroatoms. The molecule has 0 bridgehead atoms. The smallest absolute Gasteiger partial charge is 0.306 e. The van der Waals surface area contributed by atoms with Gasteiger partial charge in [-0.3, -0.25) is 14.4 Å². The second-order valence-corrected chi connectivity index (χ2v) is 10.2. The number of hydrogen-bond donors (Lipinski definition) is 2. The van der Waals surface area contributed by atoms with Crippen LogP contribution < -0.4 is 5.32 Å². The van der Waals surface area contributed by atoms with E-state index in [1.54, 1.807) is 28.8 Å². The van der Waals surface area contributed by atoms with Crippen molar-refractivity contribution in [3.05, 3.63) is 97.1 Å². The highest BCUT2D eigenvalue weighted by molar-refractivity contribution is 7.98. The van der Waals surface area contributed by atoms with Crippen LogP contribution in [0.4, 0.5) is 0 Å². The molecule has 0 spiro atoms. The number of thioether (sulfide) groups is 1. The van der Waals surface area contributed by atoms with Crippen LogP contribution in [0.3, 0.4) is 0 Å². The monoisotopic (exact) mass is 552 g/mol. The molecular weight excluding hydrogens is 512 g/mol. The second-order valence-electron chi connectivity index (χ2n) is 9.17. The van der Waals surface area contributed by atoms with Crippen molar-refractivity contribution in [1.82, 2.24) is 10.2 Å². The number of carbonyl (C=O) groups is 3. The van der Waals surface area contributed by atoms with Gasteiger partial charge in [0.15, 0.2) is 0 Å². The van der Waals surface area contributed by atoms with E-state index >= 15 is 0 Å². The van der Waals surface area contributed by atoms with Gasteiger partial charge in [0.25, 0.3) is 0 Å².